The number of nitrogens with zero attached hydrogens (tertiary/aromatic N) is 1. The monoisotopic (exact) mass is 536 g/mol. The molecule has 0 radical (unpaired) electrons. The van der Waals surface area contributed by atoms with Crippen molar-refractivity contribution < 1.29 is 9.53 Å². The van der Waals surface area contributed by atoms with Gasteiger partial charge in [-0.2, -0.15) is 0 Å². The molecule has 0 fully saturated rings. The maximum atomic E-state index is 12.6. The van der Waals surface area contributed by atoms with Gasteiger partial charge in [0.15, 0.2) is 6.61 Å². The Morgan fingerprint density at radius 3 is 2.61 bits per heavy atom. The predicted octanol–water partition coefficient (Wildman–Crippen LogP) is 6.74. The summed E-state index contributed by atoms with van der Waals surface area (Å²) in [5.41, 5.74) is 2.59. The van der Waals surface area contributed by atoms with Crippen molar-refractivity contribution >= 4 is 66.5 Å². The number of fused-ring (bicyclic) bond motifs is 2. The van der Waals surface area contributed by atoms with Crippen LogP contribution in [-0.4, -0.2) is 17.5 Å². The Hall–Kier alpha value is -2.97. The summed E-state index contributed by atoms with van der Waals surface area (Å²) in [6.07, 6.45) is 0. The molecule has 1 heterocycles. The third-order valence-corrected chi connectivity index (χ3v) is 6.61. The summed E-state index contributed by atoms with van der Waals surface area (Å²) in [7, 11) is 0. The molecule has 152 valence electrons. The fraction of sp³-hybridized carbons (Fsp3) is 0.0400. The van der Waals surface area contributed by atoms with Crippen LogP contribution < -0.4 is 10.1 Å². The van der Waals surface area contributed by atoms with E-state index < -0.39 is 0 Å². The van der Waals surface area contributed by atoms with Crippen LogP contribution in [0.2, 0.25) is 0 Å². The number of carbonyl (C=O) groups excluding carboxylic acids is 1. The van der Waals surface area contributed by atoms with Crippen LogP contribution in [0, 0.1) is 3.57 Å². The van der Waals surface area contributed by atoms with Gasteiger partial charge in [0, 0.05) is 9.13 Å². The lowest BCUT2D eigenvalue weighted by molar-refractivity contribution is -0.118. The fourth-order valence-corrected chi connectivity index (χ4v) is 4.87. The second-order valence-electron chi connectivity index (χ2n) is 7.02. The largest absolute Gasteiger partial charge is 0.484 e. The summed E-state index contributed by atoms with van der Waals surface area (Å²) in [4.78, 5) is 17.4. The Balaban J connectivity index is 1.35. The Morgan fingerprint density at radius 1 is 0.935 bits per heavy atom. The summed E-state index contributed by atoms with van der Waals surface area (Å²) >= 11 is 3.89. The molecule has 0 bridgehead atoms. The molecule has 4 nitrogen and oxygen atoms in total. The molecule has 0 spiro atoms. The molecule has 31 heavy (non-hydrogen) atoms. The topological polar surface area (TPSA) is 51.2 Å². The summed E-state index contributed by atoms with van der Waals surface area (Å²) in [5, 5.41) is 6.08. The second-order valence-corrected chi connectivity index (χ2v) is 9.30. The van der Waals surface area contributed by atoms with Crippen LogP contribution >= 0.6 is 33.9 Å². The van der Waals surface area contributed by atoms with Gasteiger partial charge in [0.1, 0.15) is 10.8 Å². The van der Waals surface area contributed by atoms with E-state index in [4.69, 9.17) is 9.72 Å². The fourth-order valence-electron chi connectivity index (χ4n) is 3.38. The highest BCUT2D eigenvalue weighted by Gasteiger charge is 2.14. The van der Waals surface area contributed by atoms with Gasteiger partial charge < -0.3 is 10.1 Å². The molecule has 1 amide bonds. The SMILES string of the molecule is O=C(COc1ccc2ccccc2c1)Nc1ccc(I)cc1-c1nc2ccccc2s1. The zero-order valence-electron chi connectivity index (χ0n) is 16.3. The van der Waals surface area contributed by atoms with Crippen LogP contribution in [0.5, 0.6) is 5.75 Å². The van der Waals surface area contributed by atoms with Crippen molar-refractivity contribution in [3.8, 4) is 16.3 Å². The van der Waals surface area contributed by atoms with Crippen LogP contribution in [0.25, 0.3) is 31.6 Å². The highest BCUT2D eigenvalue weighted by Crippen LogP contribution is 2.35. The van der Waals surface area contributed by atoms with Crippen molar-refractivity contribution in [2.24, 2.45) is 0 Å². The maximum absolute atomic E-state index is 12.6. The van der Waals surface area contributed by atoms with E-state index in [2.05, 4.69) is 34.0 Å². The number of aromatic nitrogens is 1. The predicted molar refractivity (Wildman–Crippen MR) is 136 cm³/mol. The van der Waals surface area contributed by atoms with Crippen LogP contribution in [0.15, 0.2) is 84.9 Å². The number of ether oxygens (including phenoxy) is 1. The van der Waals surface area contributed by atoms with Gasteiger partial charge in [0.05, 0.1) is 15.9 Å². The minimum atomic E-state index is -0.211. The molecule has 5 rings (SSSR count). The number of hydrogen-bond acceptors (Lipinski definition) is 4. The molecule has 4 aromatic carbocycles. The summed E-state index contributed by atoms with van der Waals surface area (Å²) < 4.78 is 7.94. The van der Waals surface area contributed by atoms with Crippen molar-refractivity contribution in [3.63, 3.8) is 0 Å². The minimum absolute atomic E-state index is 0.0659. The van der Waals surface area contributed by atoms with E-state index >= 15 is 0 Å². The molecular weight excluding hydrogens is 519 g/mol. The molecule has 0 saturated carbocycles. The Morgan fingerprint density at radius 2 is 1.74 bits per heavy atom. The molecule has 0 saturated heterocycles. The Kier molecular flexibility index (Phi) is 5.57. The molecular formula is C25H17IN2O2S. The number of rotatable bonds is 5. The highest BCUT2D eigenvalue weighted by atomic mass is 127. The van der Waals surface area contributed by atoms with Crippen LogP contribution in [0.1, 0.15) is 0 Å². The number of thiazole rings is 1. The van der Waals surface area contributed by atoms with Gasteiger partial charge in [-0.15, -0.1) is 11.3 Å². The first kappa shape index (κ1) is 20.0. The van der Waals surface area contributed by atoms with Gasteiger partial charge in [-0.1, -0.05) is 42.5 Å². The van der Waals surface area contributed by atoms with Crippen molar-refractivity contribution in [1.82, 2.24) is 4.98 Å². The number of benzene rings is 4. The van der Waals surface area contributed by atoms with Gasteiger partial charge in [-0.3, -0.25) is 4.79 Å². The second kappa shape index (κ2) is 8.64. The summed E-state index contributed by atoms with van der Waals surface area (Å²) in [6.45, 7) is -0.0659. The third-order valence-electron chi connectivity index (χ3n) is 4.87. The van der Waals surface area contributed by atoms with Gasteiger partial charge in [0.2, 0.25) is 0 Å². The molecule has 0 unspecified atom stereocenters. The van der Waals surface area contributed by atoms with Gasteiger partial charge >= 0.3 is 0 Å². The average molecular weight is 536 g/mol. The molecule has 1 aromatic heterocycles. The molecule has 0 atom stereocenters. The lowest BCUT2D eigenvalue weighted by Crippen LogP contribution is -2.20. The van der Waals surface area contributed by atoms with Crippen molar-refractivity contribution in [1.29, 1.82) is 0 Å². The smallest absolute Gasteiger partial charge is 0.262 e. The van der Waals surface area contributed by atoms with Crippen LogP contribution in [0.4, 0.5) is 5.69 Å². The van der Waals surface area contributed by atoms with Crippen LogP contribution in [0.3, 0.4) is 0 Å². The first-order valence-electron chi connectivity index (χ1n) is 9.73. The van der Waals surface area contributed by atoms with E-state index in [1.54, 1.807) is 11.3 Å². The average Bonchev–Trinajstić information content (AvgIpc) is 3.23. The van der Waals surface area contributed by atoms with Crippen molar-refractivity contribution in [2.75, 3.05) is 11.9 Å². The number of nitrogens with one attached hydrogen (secondary N) is 1. The summed E-state index contributed by atoms with van der Waals surface area (Å²) in [5.74, 6) is 0.458. The van der Waals surface area contributed by atoms with Gasteiger partial charge in [-0.05, 0) is 75.8 Å². The first-order chi connectivity index (χ1) is 15.2. The standard InChI is InChI=1S/C25H17IN2O2S/c26-18-10-12-21(20(14-18)25-28-22-7-3-4-8-23(22)31-25)27-24(29)15-30-19-11-9-16-5-1-2-6-17(16)13-19/h1-14H,15H2,(H,27,29). The molecule has 6 heteroatoms. The molecule has 1 N–H and O–H groups in total. The maximum Gasteiger partial charge on any atom is 0.262 e. The molecule has 5 aromatic rings. The van der Waals surface area contributed by atoms with E-state index in [1.807, 2.05) is 78.9 Å². The van der Waals surface area contributed by atoms with Gasteiger partial charge in [0.25, 0.3) is 5.91 Å². The van der Waals surface area contributed by atoms with E-state index in [9.17, 15) is 4.79 Å². The number of amides is 1. The van der Waals surface area contributed by atoms with Crippen molar-refractivity contribution in [3.05, 3.63) is 88.5 Å². The van der Waals surface area contributed by atoms with Crippen molar-refractivity contribution in [2.45, 2.75) is 0 Å². The number of halogens is 1. The van der Waals surface area contributed by atoms with E-state index in [-0.39, 0.29) is 12.5 Å². The zero-order chi connectivity index (χ0) is 21.2. The zero-order valence-corrected chi connectivity index (χ0v) is 19.3. The normalized spacial score (nSPS) is 11.0. The van der Waals surface area contributed by atoms with Crippen LogP contribution in [-0.2, 0) is 4.79 Å². The Labute approximate surface area is 197 Å². The third kappa shape index (κ3) is 4.40. The van der Waals surface area contributed by atoms with E-state index in [0.717, 1.165) is 40.8 Å². The highest BCUT2D eigenvalue weighted by molar-refractivity contribution is 14.1. The Bertz CT molecular complexity index is 1380. The lowest BCUT2D eigenvalue weighted by Gasteiger charge is -2.11. The number of hydrogen-bond donors (Lipinski definition) is 1. The number of para-hydroxylation sites is 1. The molecule has 0 aliphatic heterocycles. The summed E-state index contributed by atoms with van der Waals surface area (Å²) in [6, 6.07) is 27.8. The van der Waals surface area contributed by atoms with E-state index in [0.29, 0.717) is 5.75 Å². The quantitative estimate of drug-likeness (QED) is 0.253. The number of anilines is 1. The molecule has 0 aliphatic carbocycles. The number of carbonyl (C=O) groups is 1. The lowest BCUT2D eigenvalue weighted by atomic mass is 10.1. The van der Waals surface area contributed by atoms with Gasteiger partial charge in [-0.25, -0.2) is 4.98 Å². The minimum Gasteiger partial charge on any atom is -0.484 e. The molecule has 0 aliphatic rings. The first-order valence-corrected chi connectivity index (χ1v) is 11.6. The van der Waals surface area contributed by atoms with E-state index in [1.165, 1.54) is 0 Å².